The Balaban J connectivity index is 0.00000200. The molecule has 108 valence electrons. The summed E-state index contributed by atoms with van der Waals surface area (Å²) in [6, 6.07) is 9.87. The Bertz CT molecular complexity index is 532. The van der Waals surface area contributed by atoms with Gasteiger partial charge in [-0.05, 0) is 13.0 Å². The average molecular weight is 313 g/mol. The fourth-order valence-electron chi connectivity index (χ4n) is 1.55. The van der Waals surface area contributed by atoms with Crippen molar-refractivity contribution in [1.82, 2.24) is 15.5 Å². The normalized spacial score (nSPS) is 9.85. The van der Waals surface area contributed by atoms with E-state index in [2.05, 4.69) is 15.5 Å². The first kappa shape index (κ1) is 16.6. The molecule has 0 aliphatic carbocycles. The van der Waals surface area contributed by atoms with Crippen molar-refractivity contribution < 1.29 is 4.79 Å². The molecular formula is C13H17ClN4OS. The summed E-state index contributed by atoms with van der Waals surface area (Å²) in [6.45, 7) is 0.957. The highest BCUT2D eigenvalue weighted by molar-refractivity contribution is 7.14. The summed E-state index contributed by atoms with van der Waals surface area (Å²) in [5.74, 6) is 0.00177. The number of nitrogens with two attached hydrogens (primary N) is 1. The third-order valence-electron chi connectivity index (χ3n) is 2.53. The van der Waals surface area contributed by atoms with E-state index in [4.69, 9.17) is 5.73 Å². The molecule has 20 heavy (non-hydrogen) atoms. The van der Waals surface area contributed by atoms with E-state index in [1.807, 2.05) is 30.3 Å². The van der Waals surface area contributed by atoms with Gasteiger partial charge in [0.15, 0.2) is 0 Å². The van der Waals surface area contributed by atoms with Gasteiger partial charge in [0.1, 0.15) is 10.0 Å². The predicted molar refractivity (Wildman–Crippen MR) is 82.7 cm³/mol. The van der Waals surface area contributed by atoms with E-state index >= 15 is 0 Å². The molecule has 7 heteroatoms. The van der Waals surface area contributed by atoms with Crippen LogP contribution in [0, 0.1) is 0 Å². The van der Waals surface area contributed by atoms with Crippen molar-refractivity contribution >= 4 is 29.7 Å². The van der Waals surface area contributed by atoms with Gasteiger partial charge >= 0.3 is 0 Å². The molecule has 0 saturated heterocycles. The summed E-state index contributed by atoms with van der Waals surface area (Å²) < 4.78 is 0. The maximum Gasteiger partial charge on any atom is 0.220 e. The van der Waals surface area contributed by atoms with Gasteiger partial charge in [-0.3, -0.25) is 4.79 Å². The third-order valence-corrected chi connectivity index (χ3v) is 3.50. The summed E-state index contributed by atoms with van der Waals surface area (Å²) >= 11 is 1.49. The number of amides is 1. The Kier molecular flexibility index (Phi) is 7.14. The molecule has 0 aliphatic rings. The van der Waals surface area contributed by atoms with Crippen LogP contribution in [-0.2, 0) is 11.3 Å². The molecule has 0 atom stereocenters. The molecule has 2 aromatic rings. The fourth-order valence-corrected chi connectivity index (χ4v) is 2.33. The molecule has 0 aliphatic heterocycles. The minimum absolute atomic E-state index is 0. The summed E-state index contributed by atoms with van der Waals surface area (Å²) in [5.41, 5.74) is 6.39. The number of nitrogens with zero attached hydrogens (tertiary/aromatic N) is 2. The highest BCUT2D eigenvalue weighted by Gasteiger charge is 2.07. The lowest BCUT2D eigenvalue weighted by Gasteiger charge is -2.00. The zero-order valence-corrected chi connectivity index (χ0v) is 12.5. The standard InChI is InChI=1S/C13H16N4OS.ClH/c14-8-4-7-11(18)15-9-12-16-17-13(19-12)10-5-2-1-3-6-10;/h1-3,5-6H,4,7-9,14H2,(H,15,18);1H. The van der Waals surface area contributed by atoms with Gasteiger partial charge < -0.3 is 11.1 Å². The second kappa shape index (κ2) is 8.63. The second-order valence-corrected chi connectivity index (χ2v) is 5.10. The molecule has 0 spiro atoms. The molecule has 0 saturated carbocycles. The summed E-state index contributed by atoms with van der Waals surface area (Å²) in [7, 11) is 0. The SMILES string of the molecule is Cl.NCCCC(=O)NCc1nnc(-c2ccccc2)s1. The van der Waals surface area contributed by atoms with Crippen LogP contribution in [0.4, 0.5) is 0 Å². The van der Waals surface area contributed by atoms with Crippen molar-refractivity contribution in [3.8, 4) is 10.6 Å². The Morgan fingerprint density at radius 3 is 2.70 bits per heavy atom. The molecule has 1 heterocycles. The zero-order chi connectivity index (χ0) is 13.5. The fraction of sp³-hybridized carbons (Fsp3) is 0.308. The van der Waals surface area contributed by atoms with E-state index in [0.717, 1.165) is 15.6 Å². The van der Waals surface area contributed by atoms with E-state index in [-0.39, 0.29) is 18.3 Å². The van der Waals surface area contributed by atoms with Gasteiger partial charge in [0.25, 0.3) is 0 Å². The van der Waals surface area contributed by atoms with Crippen LogP contribution in [0.25, 0.3) is 10.6 Å². The van der Waals surface area contributed by atoms with Gasteiger partial charge in [0.05, 0.1) is 6.54 Å². The summed E-state index contributed by atoms with van der Waals surface area (Å²) in [5, 5.41) is 12.7. The topological polar surface area (TPSA) is 80.9 Å². The third kappa shape index (κ3) is 4.88. The lowest BCUT2D eigenvalue weighted by molar-refractivity contribution is -0.121. The Morgan fingerprint density at radius 1 is 1.25 bits per heavy atom. The van der Waals surface area contributed by atoms with Crippen LogP contribution in [-0.4, -0.2) is 22.6 Å². The molecule has 2 rings (SSSR count). The molecular weight excluding hydrogens is 296 g/mol. The van der Waals surface area contributed by atoms with E-state index in [9.17, 15) is 4.79 Å². The Morgan fingerprint density at radius 2 is 2.00 bits per heavy atom. The van der Waals surface area contributed by atoms with Crippen molar-refractivity contribution in [1.29, 1.82) is 0 Å². The first-order chi connectivity index (χ1) is 9.29. The van der Waals surface area contributed by atoms with Crippen LogP contribution < -0.4 is 11.1 Å². The zero-order valence-electron chi connectivity index (χ0n) is 10.9. The number of halogens is 1. The summed E-state index contributed by atoms with van der Waals surface area (Å²) in [4.78, 5) is 11.4. The van der Waals surface area contributed by atoms with Crippen LogP contribution in [0.2, 0.25) is 0 Å². The molecule has 0 fully saturated rings. The predicted octanol–water partition coefficient (Wildman–Crippen LogP) is 1.98. The number of carbonyl (C=O) groups excluding carboxylic acids is 1. The molecule has 3 N–H and O–H groups in total. The van der Waals surface area contributed by atoms with Crippen LogP contribution in [0.3, 0.4) is 0 Å². The largest absolute Gasteiger partial charge is 0.350 e. The summed E-state index contributed by atoms with van der Waals surface area (Å²) in [6.07, 6.45) is 1.16. The number of rotatable bonds is 6. The molecule has 1 aromatic carbocycles. The van der Waals surface area contributed by atoms with E-state index in [1.54, 1.807) is 0 Å². The lowest BCUT2D eigenvalue weighted by atomic mass is 10.2. The molecule has 1 amide bonds. The smallest absolute Gasteiger partial charge is 0.220 e. The Labute approximate surface area is 128 Å². The first-order valence-corrected chi connectivity index (χ1v) is 6.96. The van der Waals surface area contributed by atoms with Crippen LogP contribution in [0.1, 0.15) is 17.8 Å². The van der Waals surface area contributed by atoms with Crippen molar-refractivity contribution in [2.75, 3.05) is 6.54 Å². The van der Waals surface area contributed by atoms with Crippen LogP contribution in [0.15, 0.2) is 30.3 Å². The lowest BCUT2D eigenvalue weighted by Crippen LogP contribution is -2.23. The van der Waals surface area contributed by atoms with Gasteiger partial charge in [-0.15, -0.1) is 22.6 Å². The highest BCUT2D eigenvalue weighted by Crippen LogP contribution is 2.22. The highest BCUT2D eigenvalue weighted by atomic mass is 35.5. The average Bonchev–Trinajstić information content (AvgIpc) is 2.93. The molecule has 5 nitrogen and oxygen atoms in total. The minimum Gasteiger partial charge on any atom is -0.350 e. The number of benzene rings is 1. The second-order valence-electron chi connectivity index (χ2n) is 4.04. The van der Waals surface area contributed by atoms with Crippen molar-refractivity contribution in [3.05, 3.63) is 35.3 Å². The minimum atomic E-state index is 0. The first-order valence-electron chi connectivity index (χ1n) is 6.14. The van der Waals surface area contributed by atoms with Gasteiger partial charge in [-0.25, -0.2) is 0 Å². The van der Waals surface area contributed by atoms with E-state index < -0.39 is 0 Å². The number of carbonyl (C=O) groups is 1. The monoisotopic (exact) mass is 312 g/mol. The van der Waals surface area contributed by atoms with Crippen LogP contribution in [0.5, 0.6) is 0 Å². The number of nitrogens with one attached hydrogen (secondary N) is 1. The molecule has 1 aromatic heterocycles. The molecule has 0 bridgehead atoms. The molecule has 0 unspecified atom stereocenters. The van der Waals surface area contributed by atoms with Gasteiger partial charge in [-0.2, -0.15) is 0 Å². The van der Waals surface area contributed by atoms with Crippen molar-refractivity contribution in [3.63, 3.8) is 0 Å². The van der Waals surface area contributed by atoms with Gasteiger partial charge in [0.2, 0.25) is 5.91 Å². The quantitative estimate of drug-likeness (QED) is 0.854. The maximum atomic E-state index is 11.4. The van der Waals surface area contributed by atoms with Crippen molar-refractivity contribution in [2.45, 2.75) is 19.4 Å². The number of aromatic nitrogens is 2. The van der Waals surface area contributed by atoms with E-state index in [1.165, 1.54) is 11.3 Å². The van der Waals surface area contributed by atoms with Gasteiger partial charge in [-0.1, -0.05) is 41.7 Å². The van der Waals surface area contributed by atoms with Gasteiger partial charge in [0, 0.05) is 12.0 Å². The maximum absolute atomic E-state index is 11.4. The molecule has 0 radical (unpaired) electrons. The van der Waals surface area contributed by atoms with Crippen molar-refractivity contribution in [2.24, 2.45) is 5.73 Å². The number of hydrogen-bond acceptors (Lipinski definition) is 5. The Hall–Kier alpha value is -1.50. The number of hydrogen-bond donors (Lipinski definition) is 2. The van der Waals surface area contributed by atoms with E-state index in [0.29, 0.717) is 25.9 Å². The van der Waals surface area contributed by atoms with Crippen LogP contribution >= 0.6 is 23.7 Å².